The van der Waals surface area contributed by atoms with Gasteiger partial charge in [0.1, 0.15) is 23.7 Å². The molecular formula is C24H16ClFN2O4. The van der Waals surface area contributed by atoms with Crippen LogP contribution in [0.3, 0.4) is 0 Å². The molecule has 1 saturated heterocycles. The smallest absolute Gasteiger partial charge is 0.335 e. The molecule has 3 aromatic rings. The summed E-state index contributed by atoms with van der Waals surface area (Å²) in [6.07, 6.45) is 1.38. The first-order valence-electron chi connectivity index (χ1n) is 9.55. The van der Waals surface area contributed by atoms with Crippen molar-refractivity contribution >= 4 is 41.2 Å². The Morgan fingerprint density at radius 3 is 2.31 bits per heavy atom. The minimum Gasteiger partial charge on any atom is -0.489 e. The predicted molar refractivity (Wildman–Crippen MR) is 118 cm³/mol. The van der Waals surface area contributed by atoms with Crippen LogP contribution in [-0.2, 0) is 16.2 Å². The summed E-state index contributed by atoms with van der Waals surface area (Å²) >= 11 is 5.86. The number of halogens is 2. The van der Waals surface area contributed by atoms with E-state index in [1.165, 1.54) is 36.4 Å². The molecule has 32 heavy (non-hydrogen) atoms. The Balaban J connectivity index is 1.52. The zero-order valence-corrected chi connectivity index (χ0v) is 17.3. The predicted octanol–water partition coefficient (Wildman–Crippen LogP) is 4.72. The minimum absolute atomic E-state index is 0.0617. The third-order valence-electron chi connectivity index (χ3n) is 4.73. The van der Waals surface area contributed by atoms with Crippen molar-refractivity contribution in [3.63, 3.8) is 0 Å². The SMILES string of the molecule is O=C1NC(=O)N(c2ccc(Cl)cc2)C(=O)/C1=C/c1ccc(OCc2ccccc2F)cc1. The molecule has 6 nitrogen and oxygen atoms in total. The molecule has 1 aliphatic rings. The van der Waals surface area contributed by atoms with E-state index in [1.807, 2.05) is 0 Å². The molecule has 1 N–H and O–H groups in total. The monoisotopic (exact) mass is 450 g/mol. The summed E-state index contributed by atoms with van der Waals surface area (Å²) in [6, 6.07) is 18.1. The summed E-state index contributed by atoms with van der Waals surface area (Å²) in [5.74, 6) is -1.39. The average molecular weight is 451 g/mol. The van der Waals surface area contributed by atoms with Crippen LogP contribution >= 0.6 is 11.6 Å². The topological polar surface area (TPSA) is 75.7 Å². The molecule has 160 valence electrons. The average Bonchev–Trinajstić information content (AvgIpc) is 2.78. The van der Waals surface area contributed by atoms with Crippen LogP contribution in [0.1, 0.15) is 11.1 Å². The lowest BCUT2D eigenvalue weighted by Gasteiger charge is -2.26. The highest BCUT2D eigenvalue weighted by Gasteiger charge is 2.36. The number of imide groups is 2. The van der Waals surface area contributed by atoms with Crippen molar-refractivity contribution in [1.82, 2.24) is 5.32 Å². The summed E-state index contributed by atoms with van der Waals surface area (Å²) in [5.41, 5.74) is 1.06. The number of carbonyl (C=O) groups is 3. The van der Waals surface area contributed by atoms with Gasteiger partial charge in [0, 0.05) is 10.6 Å². The van der Waals surface area contributed by atoms with Crippen LogP contribution < -0.4 is 15.0 Å². The van der Waals surface area contributed by atoms with Gasteiger partial charge in [0.2, 0.25) is 0 Å². The fourth-order valence-corrected chi connectivity index (χ4v) is 3.21. The summed E-state index contributed by atoms with van der Waals surface area (Å²) in [4.78, 5) is 38.3. The van der Waals surface area contributed by atoms with Gasteiger partial charge in [-0.15, -0.1) is 0 Å². The first-order valence-corrected chi connectivity index (χ1v) is 9.93. The van der Waals surface area contributed by atoms with Crippen LogP contribution in [0.15, 0.2) is 78.4 Å². The molecule has 4 amide bonds. The van der Waals surface area contributed by atoms with E-state index >= 15 is 0 Å². The van der Waals surface area contributed by atoms with E-state index in [9.17, 15) is 18.8 Å². The summed E-state index contributed by atoms with van der Waals surface area (Å²) in [5, 5.41) is 2.61. The zero-order valence-electron chi connectivity index (χ0n) is 16.5. The maximum absolute atomic E-state index is 13.7. The van der Waals surface area contributed by atoms with Crippen LogP contribution in [-0.4, -0.2) is 17.8 Å². The largest absolute Gasteiger partial charge is 0.489 e. The van der Waals surface area contributed by atoms with Crippen LogP contribution in [0.25, 0.3) is 6.08 Å². The molecule has 0 aliphatic carbocycles. The third kappa shape index (κ3) is 4.53. The van der Waals surface area contributed by atoms with Gasteiger partial charge in [0.05, 0.1) is 5.69 Å². The van der Waals surface area contributed by atoms with E-state index in [1.54, 1.807) is 42.5 Å². The summed E-state index contributed by atoms with van der Waals surface area (Å²) < 4.78 is 19.3. The molecule has 4 rings (SSSR count). The second kappa shape index (κ2) is 9.03. The van der Waals surface area contributed by atoms with Crippen molar-refractivity contribution in [2.24, 2.45) is 0 Å². The zero-order chi connectivity index (χ0) is 22.7. The van der Waals surface area contributed by atoms with E-state index in [0.29, 0.717) is 21.9 Å². The van der Waals surface area contributed by atoms with Gasteiger partial charge < -0.3 is 4.74 Å². The number of carbonyl (C=O) groups excluding carboxylic acids is 3. The third-order valence-corrected chi connectivity index (χ3v) is 4.98. The Kier molecular flexibility index (Phi) is 6.00. The Hall–Kier alpha value is -3.97. The molecule has 0 atom stereocenters. The lowest BCUT2D eigenvalue weighted by atomic mass is 10.1. The van der Waals surface area contributed by atoms with Gasteiger partial charge in [-0.3, -0.25) is 14.9 Å². The molecule has 0 unspecified atom stereocenters. The number of benzene rings is 3. The normalized spacial score (nSPS) is 15.1. The Morgan fingerprint density at radius 1 is 0.938 bits per heavy atom. The van der Waals surface area contributed by atoms with Gasteiger partial charge in [-0.05, 0) is 54.1 Å². The fourth-order valence-electron chi connectivity index (χ4n) is 3.09. The molecule has 1 aliphatic heterocycles. The Bertz CT molecular complexity index is 1220. The van der Waals surface area contributed by atoms with E-state index < -0.39 is 17.8 Å². The number of hydrogen-bond acceptors (Lipinski definition) is 4. The fraction of sp³-hybridized carbons (Fsp3) is 0.0417. The van der Waals surface area contributed by atoms with Crippen LogP contribution in [0.2, 0.25) is 5.02 Å². The maximum Gasteiger partial charge on any atom is 0.335 e. The molecule has 1 heterocycles. The molecule has 8 heteroatoms. The van der Waals surface area contributed by atoms with Gasteiger partial charge in [-0.1, -0.05) is 41.9 Å². The van der Waals surface area contributed by atoms with Crippen molar-refractivity contribution in [2.75, 3.05) is 4.90 Å². The number of barbiturate groups is 1. The van der Waals surface area contributed by atoms with Gasteiger partial charge in [0.15, 0.2) is 0 Å². The Labute approximate surface area is 187 Å². The van der Waals surface area contributed by atoms with Gasteiger partial charge >= 0.3 is 6.03 Å². The van der Waals surface area contributed by atoms with Gasteiger partial charge in [-0.2, -0.15) is 0 Å². The Morgan fingerprint density at radius 2 is 1.62 bits per heavy atom. The summed E-state index contributed by atoms with van der Waals surface area (Å²) in [7, 11) is 0. The first-order chi connectivity index (χ1) is 15.4. The highest BCUT2D eigenvalue weighted by Crippen LogP contribution is 2.24. The number of nitrogens with zero attached hydrogens (tertiary/aromatic N) is 1. The van der Waals surface area contributed by atoms with E-state index in [-0.39, 0.29) is 23.7 Å². The molecule has 1 fully saturated rings. The van der Waals surface area contributed by atoms with E-state index in [2.05, 4.69) is 5.32 Å². The quantitative estimate of drug-likeness (QED) is 0.450. The number of anilines is 1. The van der Waals surface area contributed by atoms with Crippen molar-refractivity contribution in [2.45, 2.75) is 6.61 Å². The van der Waals surface area contributed by atoms with Crippen LogP contribution in [0.4, 0.5) is 14.9 Å². The molecule has 0 bridgehead atoms. The highest BCUT2D eigenvalue weighted by atomic mass is 35.5. The van der Waals surface area contributed by atoms with E-state index in [4.69, 9.17) is 16.3 Å². The lowest BCUT2D eigenvalue weighted by Crippen LogP contribution is -2.54. The van der Waals surface area contributed by atoms with Crippen molar-refractivity contribution in [3.8, 4) is 5.75 Å². The molecule has 3 aromatic carbocycles. The molecule has 0 aromatic heterocycles. The number of urea groups is 1. The first kappa shape index (κ1) is 21.3. The van der Waals surface area contributed by atoms with Crippen LogP contribution in [0, 0.1) is 5.82 Å². The molecular weight excluding hydrogens is 435 g/mol. The van der Waals surface area contributed by atoms with Crippen molar-refractivity contribution in [3.05, 3.63) is 100 Å². The number of hydrogen-bond donors (Lipinski definition) is 1. The maximum atomic E-state index is 13.7. The molecule has 0 saturated carbocycles. The second-order valence-electron chi connectivity index (χ2n) is 6.88. The number of ether oxygens (including phenoxy) is 1. The van der Waals surface area contributed by atoms with Crippen molar-refractivity contribution in [1.29, 1.82) is 0 Å². The highest BCUT2D eigenvalue weighted by molar-refractivity contribution is 6.39. The summed E-state index contributed by atoms with van der Waals surface area (Å²) in [6.45, 7) is 0.0617. The number of nitrogens with one attached hydrogen (secondary N) is 1. The lowest BCUT2D eigenvalue weighted by molar-refractivity contribution is -0.122. The van der Waals surface area contributed by atoms with Gasteiger partial charge in [-0.25, -0.2) is 14.1 Å². The molecule has 0 spiro atoms. The second-order valence-corrected chi connectivity index (χ2v) is 7.32. The van der Waals surface area contributed by atoms with E-state index in [0.717, 1.165) is 4.90 Å². The molecule has 0 radical (unpaired) electrons. The number of amides is 4. The minimum atomic E-state index is -0.837. The number of rotatable bonds is 5. The van der Waals surface area contributed by atoms with Crippen molar-refractivity contribution < 1.29 is 23.5 Å². The van der Waals surface area contributed by atoms with Crippen LogP contribution in [0.5, 0.6) is 5.75 Å². The standard InChI is InChI=1S/C24H16ClFN2O4/c25-17-7-9-18(10-8-17)28-23(30)20(22(29)27-24(28)31)13-15-5-11-19(12-6-15)32-14-16-3-1-2-4-21(16)26/h1-13H,14H2,(H,27,29,31)/b20-13+. The van der Waals surface area contributed by atoms with Gasteiger partial charge in [0.25, 0.3) is 11.8 Å².